The number of rotatable bonds is 7. The summed E-state index contributed by atoms with van der Waals surface area (Å²) in [6.07, 6.45) is 0. The molecule has 4 N–H and O–H groups in total. The maximum Gasteiger partial charge on any atom is 0.319 e. The molecule has 0 heterocycles. The summed E-state index contributed by atoms with van der Waals surface area (Å²) in [7, 11) is 0. The highest BCUT2D eigenvalue weighted by Crippen LogP contribution is 2.11. The van der Waals surface area contributed by atoms with Gasteiger partial charge in [0.05, 0.1) is 6.54 Å². The molecule has 0 atom stereocenters. The van der Waals surface area contributed by atoms with Gasteiger partial charge in [-0.3, -0.25) is 0 Å². The van der Waals surface area contributed by atoms with Crippen molar-refractivity contribution in [3.63, 3.8) is 0 Å². The van der Waals surface area contributed by atoms with Gasteiger partial charge >= 0.3 is 6.03 Å². The van der Waals surface area contributed by atoms with Crippen LogP contribution < -0.4 is 21.3 Å². The van der Waals surface area contributed by atoms with E-state index in [1.165, 1.54) is 6.07 Å². The third-order valence-electron chi connectivity index (χ3n) is 4.08. The zero-order valence-corrected chi connectivity index (χ0v) is 17.5. The first-order valence-corrected chi connectivity index (χ1v) is 9.81. The maximum absolute atomic E-state index is 13.4. The number of aliphatic imine (C=N–C) groups is 1. The second kappa shape index (κ2) is 11.0. The Balaban J connectivity index is 1.92. The number of nitrogens with one attached hydrogen (secondary N) is 4. The van der Waals surface area contributed by atoms with Gasteiger partial charge in [0.15, 0.2) is 5.96 Å². The van der Waals surface area contributed by atoms with E-state index in [0.29, 0.717) is 24.6 Å². The van der Waals surface area contributed by atoms with Crippen molar-refractivity contribution >= 4 is 17.7 Å². The first kappa shape index (κ1) is 22.2. The second-order valence-corrected chi connectivity index (χ2v) is 7.08. The zero-order valence-electron chi connectivity index (χ0n) is 17.5. The van der Waals surface area contributed by atoms with Crippen molar-refractivity contribution in [3.05, 3.63) is 65.0 Å². The van der Waals surface area contributed by atoms with Gasteiger partial charge in [-0.05, 0) is 62.6 Å². The van der Waals surface area contributed by atoms with Crippen LogP contribution in [0, 0.1) is 12.7 Å². The van der Waals surface area contributed by atoms with Gasteiger partial charge in [-0.15, -0.1) is 0 Å². The Hall–Kier alpha value is -3.09. The van der Waals surface area contributed by atoms with E-state index in [4.69, 9.17) is 0 Å². The van der Waals surface area contributed by atoms with Crippen LogP contribution in [-0.4, -0.2) is 24.6 Å². The van der Waals surface area contributed by atoms with Gasteiger partial charge in [0.2, 0.25) is 0 Å². The van der Waals surface area contributed by atoms with Crippen molar-refractivity contribution in [2.24, 2.45) is 4.99 Å². The second-order valence-electron chi connectivity index (χ2n) is 7.08. The van der Waals surface area contributed by atoms with Crippen LogP contribution in [0.3, 0.4) is 0 Å². The highest BCUT2D eigenvalue weighted by atomic mass is 19.1. The molecule has 29 heavy (non-hydrogen) atoms. The van der Waals surface area contributed by atoms with Crippen LogP contribution in [0.1, 0.15) is 37.5 Å². The SMILES string of the molecule is CCNC(=NCc1ccc(F)c(C)c1)NCc1ccc(NC(=O)NC(C)C)cc1. The predicted octanol–water partition coefficient (Wildman–Crippen LogP) is 3.92. The van der Waals surface area contributed by atoms with Crippen LogP contribution in [0.25, 0.3) is 0 Å². The number of carbonyl (C=O) groups is 1. The number of halogens is 1. The lowest BCUT2D eigenvalue weighted by molar-refractivity contribution is 0.250. The number of hydrogen-bond donors (Lipinski definition) is 4. The molecule has 0 aromatic heterocycles. The summed E-state index contributed by atoms with van der Waals surface area (Å²) in [5.41, 5.74) is 3.37. The number of benzene rings is 2. The first-order valence-electron chi connectivity index (χ1n) is 9.81. The largest absolute Gasteiger partial charge is 0.357 e. The van der Waals surface area contributed by atoms with Crippen LogP contribution in [0.15, 0.2) is 47.5 Å². The van der Waals surface area contributed by atoms with Crippen LogP contribution in [0.5, 0.6) is 0 Å². The van der Waals surface area contributed by atoms with Crippen molar-refractivity contribution in [3.8, 4) is 0 Å². The van der Waals surface area contributed by atoms with Gasteiger partial charge in [-0.25, -0.2) is 14.2 Å². The summed E-state index contributed by atoms with van der Waals surface area (Å²) in [6.45, 7) is 9.36. The molecule has 0 fully saturated rings. The molecule has 0 aliphatic heterocycles. The number of hydrogen-bond acceptors (Lipinski definition) is 2. The molecule has 7 heteroatoms. The monoisotopic (exact) mass is 399 g/mol. The molecule has 2 aromatic rings. The molecule has 0 spiro atoms. The molecule has 0 unspecified atom stereocenters. The van der Waals surface area contributed by atoms with Gasteiger partial charge in [0.1, 0.15) is 5.82 Å². The summed E-state index contributed by atoms with van der Waals surface area (Å²) >= 11 is 0. The summed E-state index contributed by atoms with van der Waals surface area (Å²) in [5, 5.41) is 12.1. The number of anilines is 1. The van der Waals surface area contributed by atoms with E-state index >= 15 is 0 Å². The van der Waals surface area contributed by atoms with Crippen molar-refractivity contribution in [2.75, 3.05) is 11.9 Å². The third-order valence-corrected chi connectivity index (χ3v) is 4.08. The molecule has 2 rings (SSSR count). The van der Waals surface area contributed by atoms with Crippen molar-refractivity contribution < 1.29 is 9.18 Å². The number of urea groups is 1. The maximum atomic E-state index is 13.4. The number of nitrogens with zero attached hydrogens (tertiary/aromatic N) is 1. The average molecular weight is 400 g/mol. The fourth-order valence-corrected chi connectivity index (χ4v) is 2.64. The van der Waals surface area contributed by atoms with Crippen LogP contribution >= 0.6 is 0 Å². The molecule has 156 valence electrons. The molecular formula is C22H30FN5O. The quantitative estimate of drug-likeness (QED) is 0.421. The van der Waals surface area contributed by atoms with E-state index in [1.807, 2.05) is 51.1 Å². The van der Waals surface area contributed by atoms with Gasteiger partial charge in [-0.1, -0.05) is 24.3 Å². The minimum atomic E-state index is -0.219. The van der Waals surface area contributed by atoms with E-state index in [-0.39, 0.29) is 17.9 Å². The Morgan fingerprint density at radius 3 is 2.38 bits per heavy atom. The molecule has 2 aromatic carbocycles. The van der Waals surface area contributed by atoms with Crippen LogP contribution in [-0.2, 0) is 13.1 Å². The summed E-state index contributed by atoms with van der Waals surface area (Å²) < 4.78 is 13.4. The molecule has 0 saturated heterocycles. The molecule has 0 aliphatic carbocycles. The molecular weight excluding hydrogens is 369 g/mol. The highest BCUT2D eigenvalue weighted by molar-refractivity contribution is 5.89. The molecule has 0 saturated carbocycles. The predicted molar refractivity (Wildman–Crippen MR) is 117 cm³/mol. The Labute approximate surface area is 172 Å². The van der Waals surface area contributed by atoms with E-state index in [0.717, 1.165) is 23.4 Å². The van der Waals surface area contributed by atoms with E-state index in [1.54, 1.807) is 13.0 Å². The van der Waals surface area contributed by atoms with E-state index in [9.17, 15) is 9.18 Å². The topological polar surface area (TPSA) is 77.6 Å². The Kier molecular flexibility index (Phi) is 8.45. The number of aryl methyl sites for hydroxylation is 1. The standard InChI is InChI=1S/C22H30FN5O/c1-5-24-21(26-14-18-8-11-20(23)16(4)12-18)25-13-17-6-9-19(10-7-17)28-22(29)27-15(2)3/h6-12,15H,5,13-14H2,1-4H3,(H2,24,25,26)(H2,27,28,29). The molecule has 0 radical (unpaired) electrons. The van der Waals surface area contributed by atoms with Gasteiger partial charge in [-0.2, -0.15) is 0 Å². The number of guanidine groups is 1. The first-order chi connectivity index (χ1) is 13.9. The van der Waals surface area contributed by atoms with Gasteiger partial charge in [0.25, 0.3) is 0 Å². The summed E-state index contributed by atoms with van der Waals surface area (Å²) in [6, 6.07) is 12.5. The fraction of sp³-hybridized carbons (Fsp3) is 0.364. The van der Waals surface area contributed by atoms with Gasteiger partial charge < -0.3 is 21.3 Å². The van der Waals surface area contributed by atoms with Crippen molar-refractivity contribution in [1.29, 1.82) is 0 Å². The lowest BCUT2D eigenvalue weighted by atomic mass is 10.1. The molecule has 0 aliphatic rings. The van der Waals surface area contributed by atoms with Crippen LogP contribution in [0.2, 0.25) is 0 Å². The molecule has 0 bridgehead atoms. The number of carbonyl (C=O) groups excluding carboxylic acids is 1. The molecule has 2 amide bonds. The fourth-order valence-electron chi connectivity index (χ4n) is 2.64. The third kappa shape index (κ3) is 7.81. The average Bonchev–Trinajstić information content (AvgIpc) is 2.67. The van der Waals surface area contributed by atoms with E-state index in [2.05, 4.69) is 26.3 Å². The van der Waals surface area contributed by atoms with Crippen molar-refractivity contribution in [1.82, 2.24) is 16.0 Å². The number of amides is 2. The molecule has 6 nitrogen and oxygen atoms in total. The minimum Gasteiger partial charge on any atom is -0.357 e. The lowest BCUT2D eigenvalue weighted by Crippen LogP contribution is -2.36. The summed E-state index contributed by atoms with van der Waals surface area (Å²) in [4.78, 5) is 16.3. The lowest BCUT2D eigenvalue weighted by Gasteiger charge is -2.13. The normalized spacial score (nSPS) is 11.3. The Bertz CT molecular complexity index is 834. The van der Waals surface area contributed by atoms with Crippen molar-refractivity contribution in [2.45, 2.75) is 46.8 Å². The smallest absolute Gasteiger partial charge is 0.319 e. The zero-order chi connectivity index (χ0) is 21.2. The Morgan fingerprint density at radius 1 is 1.07 bits per heavy atom. The van der Waals surface area contributed by atoms with E-state index < -0.39 is 0 Å². The van der Waals surface area contributed by atoms with Gasteiger partial charge in [0, 0.05) is 24.8 Å². The summed E-state index contributed by atoms with van der Waals surface area (Å²) in [5.74, 6) is 0.482. The van der Waals surface area contributed by atoms with Crippen LogP contribution in [0.4, 0.5) is 14.9 Å². The minimum absolute atomic E-state index is 0.0843. The Morgan fingerprint density at radius 2 is 1.76 bits per heavy atom. The highest BCUT2D eigenvalue weighted by Gasteiger charge is 2.04.